The highest BCUT2D eigenvalue weighted by molar-refractivity contribution is 6.01. The topological polar surface area (TPSA) is 89.5 Å². The fraction of sp³-hybridized carbons (Fsp3) is 0.571. The summed E-state index contributed by atoms with van der Waals surface area (Å²) >= 11 is 0. The van der Waals surface area contributed by atoms with E-state index in [0.29, 0.717) is 0 Å². The van der Waals surface area contributed by atoms with Gasteiger partial charge in [0, 0.05) is 12.5 Å². The second-order valence-electron chi connectivity index (χ2n) is 2.68. The van der Waals surface area contributed by atoms with E-state index in [4.69, 9.17) is 0 Å². The van der Waals surface area contributed by atoms with Crippen molar-refractivity contribution in [3.8, 4) is 0 Å². The molecule has 0 saturated carbocycles. The lowest BCUT2D eigenvalue weighted by Gasteiger charge is -2.11. The minimum Gasteiger partial charge on any atom is -0.550 e. The Hall–Kier alpha value is -1.59. The third-order valence-corrected chi connectivity index (χ3v) is 1.70. The first-order valence-corrected chi connectivity index (χ1v) is 3.89. The lowest BCUT2D eigenvalue weighted by atomic mass is 10.3. The minimum atomic E-state index is -1.17. The van der Waals surface area contributed by atoms with E-state index in [1.165, 1.54) is 0 Å². The molecule has 0 atom stereocenters. The Balaban J connectivity index is 2.31. The predicted molar refractivity (Wildman–Crippen MR) is 39.4 cm³/mol. The standard InChI is InChI=1S/C7H10N2O4/c10-5-4-8-7(13)9(5)3-1-2-6(11)12/h1-4H2,(H,8,13)(H,11,12)/p-1. The van der Waals surface area contributed by atoms with Crippen LogP contribution in [-0.2, 0) is 9.59 Å². The summed E-state index contributed by atoms with van der Waals surface area (Å²) in [7, 11) is 0. The smallest absolute Gasteiger partial charge is 0.324 e. The van der Waals surface area contributed by atoms with Crippen molar-refractivity contribution in [2.24, 2.45) is 0 Å². The molecule has 1 N–H and O–H groups in total. The molecule has 72 valence electrons. The summed E-state index contributed by atoms with van der Waals surface area (Å²) in [6.07, 6.45) is 0.0958. The zero-order chi connectivity index (χ0) is 9.84. The number of urea groups is 1. The first-order chi connectivity index (χ1) is 6.11. The molecule has 0 spiro atoms. The number of hydrogen-bond donors (Lipinski definition) is 1. The maximum absolute atomic E-state index is 10.9. The Morgan fingerprint density at radius 1 is 1.54 bits per heavy atom. The number of aliphatic carboxylic acids is 1. The third kappa shape index (κ3) is 2.43. The van der Waals surface area contributed by atoms with Gasteiger partial charge in [-0.1, -0.05) is 0 Å². The highest BCUT2D eigenvalue weighted by atomic mass is 16.4. The number of carbonyl (C=O) groups excluding carboxylic acids is 3. The van der Waals surface area contributed by atoms with Crippen molar-refractivity contribution < 1.29 is 19.5 Å². The molecule has 6 heteroatoms. The SMILES string of the molecule is O=C([O-])CCCN1C(=O)CNC1=O. The van der Waals surface area contributed by atoms with E-state index in [1.807, 2.05) is 0 Å². The average Bonchev–Trinajstić information content (AvgIpc) is 2.34. The number of carboxylic acids is 1. The van der Waals surface area contributed by atoms with Gasteiger partial charge in [0.2, 0.25) is 5.91 Å². The molecule has 0 bridgehead atoms. The molecule has 0 aliphatic carbocycles. The molecule has 0 unspecified atom stereocenters. The maximum Gasteiger partial charge on any atom is 0.324 e. The molecule has 0 radical (unpaired) electrons. The minimum absolute atomic E-state index is 0.00412. The van der Waals surface area contributed by atoms with Crippen LogP contribution in [0.3, 0.4) is 0 Å². The molecule has 1 aliphatic rings. The molecule has 6 nitrogen and oxygen atoms in total. The molecule has 1 heterocycles. The number of nitrogens with zero attached hydrogens (tertiary/aromatic N) is 1. The number of amides is 3. The lowest BCUT2D eigenvalue weighted by Crippen LogP contribution is -2.33. The van der Waals surface area contributed by atoms with Gasteiger partial charge >= 0.3 is 6.03 Å². The number of rotatable bonds is 4. The van der Waals surface area contributed by atoms with Gasteiger partial charge < -0.3 is 15.2 Å². The van der Waals surface area contributed by atoms with Gasteiger partial charge in [0.1, 0.15) is 0 Å². The summed E-state index contributed by atoms with van der Waals surface area (Å²) in [5, 5.41) is 12.4. The summed E-state index contributed by atoms with van der Waals surface area (Å²) in [6.45, 7) is 0.142. The molecule has 13 heavy (non-hydrogen) atoms. The molecule has 3 amide bonds. The van der Waals surface area contributed by atoms with Gasteiger partial charge in [0.15, 0.2) is 0 Å². The predicted octanol–water partition coefficient (Wildman–Crippen LogP) is -1.93. The van der Waals surface area contributed by atoms with Gasteiger partial charge in [0.05, 0.1) is 6.54 Å². The van der Waals surface area contributed by atoms with Crippen LogP contribution in [-0.4, -0.2) is 35.9 Å². The third-order valence-electron chi connectivity index (χ3n) is 1.70. The first-order valence-electron chi connectivity index (χ1n) is 3.89. The van der Waals surface area contributed by atoms with Crippen molar-refractivity contribution in [3.05, 3.63) is 0 Å². The van der Waals surface area contributed by atoms with Crippen LogP contribution in [0.2, 0.25) is 0 Å². The number of carbonyl (C=O) groups is 3. The van der Waals surface area contributed by atoms with Crippen molar-refractivity contribution in [2.45, 2.75) is 12.8 Å². The van der Waals surface area contributed by atoms with Crippen LogP contribution in [0.25, 0.3) is 0 Å². The normalized spacial score (nSPS) is 16.2. The monoisotopic (exact) mass is 185 g/mol. The second-order valence-corrected chi connectivity index (χ2v) is 2.68. The van der Waals surface area contributed by atoms with E-state index in [0.717, 1.165) is 4.90 Å². The number of nitrogens with one attached hydrogen (secondary N) is 1. The number of carboxylic acid groups (broad SMARTS) is 1. The summed E-state index contributed by atoms with van der Waals surface area (Å²) < 4.78 is 0. The van der Waals surface area contributed by atoms with E-state index in [9.17, 15) is 19.5 Å². The van der Waals surface area contributed by atoms with E-state index in [2.05, 4.69) is 5.32 Å². The van der Waals surface area contributed by atoms with Crippen molar-refractivity contribution >= 4 is 17.9 Å². The van der Waals surface area contributed by atoms with Gasteiger partial charge in [-0.3, -0.25) is 9.69 Å². The highest BCUT2D eigenvalue weighted by Crippen LogP contribution is 2.01. The Kier molecular flexibility index (Phi) is 2.84. The van der Waals surface area contributed by atoms with E-state index < -0.39 is 12.0 Å². The summed E-state index contributed by atoms with van der Waals surface area (Å²) in [4.78, 5) is 32.9. The van der Waals surface area contributed by atoms with Crippen LogP contribution < -0.4 is 10.4 Å². The largest absolute Gasteiger partial charge is 0.550 e. The van der Waals surface area contributed by atoms with Crippen LogP contribution in [0.4, 0.5) is 4.79 Å². The molecule has 0 aromatic carbocycles. The van der Waals surface area contributed by atoms with Gasteiger partial charge in [-0.25, -0.2) is 4.79 Å². The van der Waals surface area contributed by atoms with Crippen LogP contribution in [0.15, 0.2) is 0 Å². The summed E-state index contributed by atoms with van der Waals surface area (Å²) in [5.74, 6) is -1.49. The zero-order valence-corrected chi connectivity index (χ0v) is 6.91. The molecular formula is C7H9N2O4-. The molecule has 0 aromatic heterocycles. The Morgan fingerprint density at radius 2 is 2.23 bits per heavy atom. The van der Waals surface area contributed by atoms with Crippen LogP contribution >= 0.6 is 0 Å². The first kappa shape index (κ1) is 9.50. The van der Waals surface area contributed by atoms with Gasteiger partial charge in [-0.05, 0) is 12.8 Å². The van der Waals surface area contributed by atoms with Crippen molar-refractivity contribution in [1.29, 1.82) is 0 Å². The van der Waals surface area contributed by atoms with E-state index in [1.54, 1.807) is 0 Å². The summed E-state index contributed by atoms with van der Waals surface area (Å²) in [6, 6.07) is -0.455. The second kappa shape index (κ2) is 3.88. The van der Waals surface area contributed by atoms with Crippen LogP contribution in [0, 0.1) is 0 Å². The van der Waals surface area contributed by atoms with Gasteiger partial charge in [-0.2, -0.15) is 0 Å². The molecule has 1 saturated heterocycles. The maximum atomic E-state index is 10.9. The lowest BCUT2D eigenvalue weighted by molar-refractivity contribution is -0.305. The molecular weight excluding hydrogens is 176 g/mol. The van der Waals surface area contributed by atoms with Gasteiger partial charge in [-0.15, -0.1) is 0 Å². The molecule has 1 fully saturated rings. The van der Waals surface area contributed by atoms with Crippen molar-refractivity contribution in [1.82, 2.24) is 10.2 Å². The average molecular weight is 185 g/mol. The Bertz CT molecular complexity index is 235. The fourth-order valence-corrected chi connectivity index (χ4v) is 1.06. The number of imide groups is 1. The van der Waals surface area contributed by atoms with Crippen molar-refractivity contribution in [2.75, 3.05) is 13.1 Å². The Labute approximate surface area is 74.5 Å². The van der Waals surface area contributed by atoms with Crippen molar-refractivity contribution in [3.63, 3.8) is 0 Å². The Morgan fingerprint density at radius 3 is 2.69 bits per heavy atom. The van der Waals surface area contributed by atoms with Gasteiger partial charge in [0.25, 0.3) is 0 Å². The summed E-state index contributed by atoms with van der Waals surface area (Å²) in [5.41, 5.74) is 0. The fourth-order valence-electron chi connectivity index (χ4n) is 1.06. The van der Waals surface area contributed by atoms with Crippen LogP contribution in [0.1, 0.15) is 12.8 Å². The van der Waals surface area contributed by atoms with E-state index in [-0.39, 0.29) is 31.8 Å². The highest BCUT2D eigenvalue weighted by Gasteiger charge is 2.27. The molecule has 1 rings (SSSR count). The van der Waals surface area contributed by atoms with E-state index >= 15 is 0 Å². The molecule has 1 aliphatic heterocycles. The van der Waals surface area contributed by atoms with Crippen LogP contribution in [0.5, 0.6) is 0 Å². The zero-order valence-electron chi connectivity index (χ0n) is 6.91. The quantitative estimate of drug-likeness (QED) is 0.516. The molecule has 0 aromatic rings. The number of hydrogen-bond acceptors (Lipinski definition) is 4.